The third kappa shape index (κ3) is 3.95. The Bertz CT molecular complexity index is 149. The first kappa shape index (κ1) is 9.01. The zero-order chi connectivity index (χ0) is 7.82. The van der Waals surface area contributed by atoms with Crippen LogP contribution in [0.4, 0.5) is 0 Å². The Morgan fingerprint density at radius 2 is 2.50 bits per heavy atom. The summed E-state index contributed by atoms with van der Waals surface area (Å²) in [5.41, 5.74) is 7.98. The van der Waals surface area contributed by atoms with Gasteiger partial charge >= 0.3 is 0 Å². The van der Waals surface area contributed by atoms with Crippen molar-refractivity contribution in [1.82, 2.24) is 0 Å². The molecule has 0 radical (unpaired) electrons. The summed E-state index contributed by atoms with van der Waals surface area (Å²) in [5.74, 6) is 0. The summed E-state index contributed by atoms with van der Waals surface area (Å²) in [6, 6.07) is -0.398. The molecule has 4 nitrogen and oxygen atoms in total. The van der Waals surface area contributed by atoms with Crippen molar-refractivity contribution in [1.29, 1.82) is 0 Å². The molecule has 0 heterocycles. The smallest absolute Gasteiger partial charge is 0.0786 e. The van der Waals surface area contributed by atoms with Crippen molar-refractivity contribution < 1.29 is 5.11 Å². The summed E-state index contributed by atoms with van der Waals surface area (Å²) in [6.45, 7) is 1.85. The van der Waals surface area contributed by atoms with Crippen LogP contribution >= 0.6 is 0 Å². The Labute approximate surface area is 59.8 Å². The van der Waals surface area contributed by atoms with Gasteiger partial charge in [0, 0.05) is 4.91 Å². The van der Waals surface area contributed by atoms with Gasteiger partial charge in [0.15, 0.2) is 0 Å². The molecule has 0 aromatic heterocycles. The van der Waals surface area contributed by atoms with Crippen LogP contribution < -0.4 is 0 Å². The van der Waals surface area contributed by atoms with Crippen LogP contribution in [-0.2, 0) is 0 Å². The molecule has 0 aliphatic rings. The first-order chi connectivity index (χ1) is 4.85. The van der Waals surface area contributed by atoms with Crippen molar-refractivity contribution in [3.8, 4) is 0 Å². The minimum Gasteiger partial charge on any atom is -0.396 e. The predicted octanol–water partition coefficient (Wildman–Crippen LogP) is 1.62. The Kier molecular flexibility index (Phi) is 5.53. The molecular weight excluding hydrogens is 130 g/mol. The molecule has 0 saturated heterocycles. The molecule has 0 aromatic rings. The van der Waals surface area contributed by atoms with Gasteiger partial charge in [0.25, 0.3) is 0 Å². The topological polar surface area (TPSA) is 69.0 Å². The summed E-state index contributed by atoms with van der Waals surface area (Å²) < 4.78 is 0. The lowest BCUT2D eigenvalue weighted by Crippen LogP contribution is -2.03. The molecule has 0 aliphatic heterocycles. The van der Waals surface area contributed by atoms with Gasteiger partial charge in [-0.2, -0.15) is 0 Å². The normalized spacial score (nSPS) is 13.0. The van der Waals surface area contributed by atoms with Crippen LogP contribution in [0.3, 0.4) is 0 Å². The van der Waals surface area contributed by atoms with Crippen LogP contribution in [-0.4, -0.2) is 17.8 Å². The third-order valence-corrected chi connectivity index (χ3v) is 0.981. The molecule has 1 unspecified atom stereocenters. The minimum absolute atomic E-state index is 0.124. The van der Waals surface area contributed by atoms with E-state index in [2.05, 4.69) is 10.0 Å². The first-order valence-electron chi connectivity index (χ1n) is 3.16. The van der Waals surface area contributed by atoms with Crippen molar-refractivity contribution in [2.45, 2.75) is 19.4 Å². The van der Waals surface area contributed by atoms with Gasteiger partial charge in [-0.1, -0.05) is 24.2 Å². The van der Waals surface area contributed by atoms with E-state index in [4.69, 9.17) is 10.6 Å². The van der Waals surface area contributed by atoms with E-state index in [1.165, 1.54) is 0 Å². The van der Waals surface area contributed by atoms with Gasteiger partial charge in [-0.25, -0.2) is 0 Å². The van der Waals surface area contributed by atoms with Gasteiger partial charge < -0.3 is 5.11 Å². The van der Waals surface area contributed by atoms with Crippen molar-refractivity contribution in [3.63, 3.8) is 0 Å². The Balaban J connectivity index is 3.82. The number of aliphatic hydroxyl groups excluding tert-OH is 1. The molecule has 10 heavy (non-hydrogen) atoms. The molecule has 0 saturated carbocycles. The van der Waals surface area contributed by atoms with Gasteiger partial charge in [0.1, 0.15) is 0 Å². The first-order valence-corrected chi connectivity index (χ1v) is 3.16. The number of azide groups is 1. The molecular formula is C6H11N3O. The number of allylic oxidation sites excluding steroid dienone is 1. The highest BCUT2D eigenvalue weighted by Crippen LogP contribution is 1.93. The van der Waals surface area contributed by atoms with Gasteiger partial charge in [-0.3, -0.25) is 0 Å². The van der Waals surface area contributed by atoms with Crippen molar-refractivity contribution in [2.24, 2.45) is 5.11 Å². The second-order valence-electron chi connectivity index (χ2n) is 1.79. The molecule has 1 N–H and O–H groups in total. The lowest BCUT2D eigenvalue weighted by atomic mass is 10.3. The number of rotatable bonds is 4. The fraction of sp³-hybridized carbons (Fsp3) is 0.667. The number of aliphatic hydroxyl groups is 1. The molecule has 0 fully saturated rings. The van der Waals surface area contributed by atoms with Crippen LogP contribution in [0.1, 0.15) is 13.3 Å². The van der Waals surface area contributed by atoms with Crippen molar-refractivity contribution in [2.75, 3.05) is 6.61 Å². The average molecular weight is 141 g/mol. The zero-order valence-electron chi connectivity index (χ0n) is 5.94. The quantitative estimate of drug-likeness (QED) is 0.275. The lowest BCUT2D eigenvalue weighted by Gasteiger charge is -1.96. The van der Waals surface area contributed by atoms with Crippen LogP contribution in [0.5, 0.6) is 0 Å². The van der Waals surface area contributed by atoms with Crippen LogP contribution in [0.25, 0.3) is 10.4 Å². The Morgan fingerprint density at radius 3 is 2.90 bits per heavy atom. The van der Waals surface area contributed by atoms with E-state index < -0.39 is 6.04 Å². The molecule has 56 valence electrons. The lowest BCUT2D eigenvalue weighted by molar-refractivity contribution is 0.284. The maximum atomic E-state index is 8.57. The fourth-order valence-electron chi connectivity index (χ4n) is 0.495. The van der Waals surface area contributed by atoms with Crippen LogP contribution in [0, 0.1) is 0 Å². The summed E-state index contributed by atoms with van der Waals surface area (Å²) >= 11 is 0. The highest BCUT2D eigenvalue weighted by atomic mass is 16.3. The van der Waals surface area contributed by atoms with Crippen molar-refractivity contribution >= 4 is 0 Å². The highest BCUT2D eigenvalue weighted by Gasteiger charge is 1.95. The fourth-order valence-corrected chi connectivity index (χ4v) is 0.495. The molecule has 0 spiro atoms. The van der Waals surface area contributed by atoms with Crippen molar-refractivity contribution in [3.05, 3.63) is 22.6 Å². The zero-order valence-corrected chi connectivity index (χ0v) is 5.94. The second-order valence-corrected chi connectivity index (χ2v) is 1.79. The van der Waals surface area contributed by atoms with E-state index in [1.54, 1.807) is 6.08 Å². The molecule has 1 atom stereocenters. The molecule has 0 rings (SSSR count). The molecule has 0 bridgehead atoms. The number of hydrogen-bond acceptors (Lipinski definition) is 2. The van der Waals surface area contributed by atoms with E-state index in [-0.39, 0.29) is 6.61 Å². The van der Waals surface area contributed by atoms with Gasteiger partial charge in [-0.15, -0.1) is 0 Å². The van der Waals surface area contributed by atoms with Crippen LogP contribution in [0.2, 0.25) is 0 Å². The van der Waals surface area contributed by atoms with E-state index >= 15 is 0 Å². The van der Waals surface area contributed by atoms with E-state index in [0.29, 0.717) is 0 Å². The minimum atomic E-state index is -0.398. The SMILES string of the molecule is CC/C=C/C(CO)N=[N+]=[N-]. The Morgan fingerprint density at radius 1 is 1.80 bits per heavy atom. The third-order valence-electron chi connectivity index (χ3n) is 0.981. The van der Waals surface area contributed by atoms with Crippen LogP contribution in [0.15, 0.2) is 17.3 Å². The summed E-state index contributed by atoms with van der Waals surface area (Å²) in [6.07, 6.45) is 4.44. The standard InChI is InChI=1S/C6H11N3O/c1-2-3-4-6(5-10)8-9-7/h3-4,6,10H,2,5H2,1H3/b4-3+. The average Bonchev–Trinajstić information content (AvgIpc) is 1.98. The van der Waals surface area contributed by atoms with Gasteiger partial charge in [0.2, 0.25) is 0 Å². The second kappa shape index (κ2) is 6.13. The van der Waals surface area contributed by atoms with E-state index in [0.717, 1.165) is 6.42 Å². The summed E-state index contributed by atoms with van der Waals surface area (Å²) in [7, 11) is 0. The molecule has 0 amide bonds. The Hall–Kier alpha value is -0.990. The number of hydrogen-bond donors (Lipinski definition) is 1. The maximum absolute atomic E-state index is 8.57. The largest absolute Gasteiger partial charge is 0.396 e. The van der Waals surface area contributed by atoms with Gasteiger partial charge in [-0.05, 0) is 12.0 Å². The molecule has 4 heteroatoms. The van der Waals surface area contributed by atoms with E-state index in [9.17, 15) is 0 Å². The molecule has 0 aliphatic carbocycles. The summed E-state index contributed by atoms with van der Waals surface area (Å²) in [4.78, 5) is 2.57. The highest BCUT2D eigenvalue weighted by molar-refractivity contribution is 4.92. The molecule has 0 aromatic carbocycles. The van der Waals surface area contributed by atoms with Gasteiger partial charge in [0.05, 0.1) is 12.6 Å². The maximum Gasteiger partial charge on any atom is 0.0786 e. The van der Waals surface area contributed by atoms with E-state index in [1.807, 2.05) is 13.0 Å². The summed E-state index contributed by atoms with van der Waals surface area (Å²) in [5, 5.41) is 11.9. The number of nitrogens with zero attached hydrogens (tertiary/aromatic N) is 3. The predicted molar refractivity (Wildman–Crippen MR) is 39.5 cm³/mol. The monoisotopic (exact) mass is 141 g/mol.